The Morgan fingerprint density at radius 3 is 2.03 bits per heavy atom. The van der Waals surface area contributed by atoms with Crippen molar-refractivity contribution in [3.63, 3.8) is 0 Å². The molecule has 32 heavy (non-hydrogen) atoms. The molecule has 2 N–H and O–H groups in total. The second-order valence-corrected chi connectivity index (χ2v) is 8.69. The van der Waals surface area contributed by atoms with Crippen LogP contribution in [0.3, 0.4) is 0 Å². The Bertz CT molecular complexity index is 991. The SMILES string of the molecule is CCOCCOc1ccc(S(=O)(=O)N(CC)CC(=O)Nc2ccc(NC(C)=O)cc2)cc1. The maximum atomic E-state index is 13.0. The number of benzene rings is 2. The van der Waals surface area contributed by atoms with E-state index >= 15 is 0 Å². The number of hydrogen-bond donors (Lipinski definition) is 2. The van der Waals surface area contributed by atoms with Gasteiger partial charge in [0.1, 0.15) is 12.4 Å². The third kappa shape index (κ3) is 7.63. The molecule has 10 heteroatoms. The number of hydrogen-bond acceptors (Lipinski definition) is 6. The minimum absolute atomic E-state index is 0.0731. The van der Waals surface area contributed by atoms with E-state index in [9.17, 15) is 18.0 Å². The number of carbonyl (C=O) groups excluding carboxylic acids is 2. The average Bonchev–Trinajstić information content (AvgIpc) is 2.76. The van der Waals surface area contributed by atoms with Gasteiger partial charge in [0.05, 0.1) is 18.0 Å². The molecule has 0 saturated heterocycles. The highest BCUT2D eigenvalue weighted by atomic mass is 32.2. The van der Waals surface area contributed by atoms with Crippen molar-refractivity contribution in [1.82, 2.24) is 4.31 Å². The number of sulfonamides is 1. The maximum absolute atomic E-state index is 13.0. The van der Waals surface area contributed by atoms with Crippen molar-refractivity contribution in [2.24, 2.45) is 0 Å². The zero-order valence-electron chi connectivity index (χ0n) is 18.5. The van der Waals surface area contributed by atoms with Crippen LogP contribution in [0.15, 0.2) is 53.4 Å². The Hall–Kier alpha value is -2.95. The lowest BCUT2D eigenvalue weighted by atomic mass is 10.2. The molecule has 0 aliphatic heterocycles. The lowest BCUT2D eigenvalue weighted by Crippen LogP contribution is -2.37. The first kappa shape index (κ1) is 25.3. The number of nitrogens with one attached hydrogen (secondary N) is 2. The van der Waals surface area contributed by atoms with Crippen LogP contribution in [-0.2, 0) is 24.3 Å². The number of ether oxygens (including phenoxy) is 2. The summed E-state index contributed by atoms with van der Waals surface area (Å²) in [5, 5.41) is 5.29. The van der Waals surface area contributed by atoms with Crippen molar-refractivity contribution in [3.8, 4) is 5.75 Å². The molecule has 2 amide bonds. The van der Waals surface area contributed by atoms with Crippen molar-refractivity contribution in [2.75, 3.05) is 43.5 Å². The van der Waals surface area contributed by atoms with Crippen LogP contribution in [0, 0.1) is 0 Å². The quantitative estimate of drug-likeness (QED) is 0.468. The van der Waals surface area contributed by atoms with Crippen molar-refractivity contribution < 1.29 is 27.5 Å². The van der Waals surface area contributed by atoms with Gasteiger partial charge in [-0.25, -0.2) is 8.42 Å². The molecule has 0 heterocycles. The summed E-state index contributed by atoms with van der Waals surface area (Å²) in [6.45, 7) is 6.17. The Kier molecular flexibility index (Phi) is 9.63. The van der Waals surface area contributed by atoms with Gasteiger partial charge in [-0.05, 0) is 55.5 Å². The monoisotopic (exact) mass is 463 g/mol. The van der Waals surface area contributed by atoms with Crippen LogP contribution in [0.1, 0.15) is 20.8 Å². The normalized spacial score (nSPS) is 11.2. The largest absolute Gasteiger partial charge is 0.491 e. The summed E-state index contributed by atoms with van der Waals surface area (Å²) >= 11 is 0. The molecule has 0 aliphatic carbocycles. The third-order valence-corrected chi connectivity index (χ3v) is 6.26. The molecule has 2 aromatic rings. The molecule has 0 aliphatic rings. The molecule has 2 aromatic carbocycles. The van der Waals surface area contributed by atoms with E-state index < -0.39 is 15.9 Å². The fourth-order valence-electron chi connectivity index (χ4n) is 2.79. The molecule has 0 spiro atoms. The standard InChI is InChI=1S/C22H29N3O6S/c1-4-25(16-22(27)24-19-8-6-18(7-9-19)23-17(3)26)32(28,29)21-12-10-20(11-13-21)31-15-14-30-5-2/h6-13H,4-5,14-16H2,1-3H3,(H,23,26)(H,24,27). The van der Waals surface area contributed by atoms with E-state index in [2.05, 4.69) is 10.6 Å². The zero-order chi connectivity index (χ0) is 23.6. The predicted molar refractivity (Wildman–Crippen MR) is 122 cm³/mol. The number of rotatable bonds is 12. The predicted octanol–water partition coefficient (Wildman–Crippen LogP) is 2.71. The highest BCUT2D eigenvalue weighted by Gasteiger charge is 2.25. The Labute approximate surface area is 188 Å². The Morgan fingerprint density at radius 2 is 1.50 bits per heavy atom. The second kappa shape index (κ2) is 12.2. The van der Waals surface area contributed by atoms with E-state index in [1.807, 2.05) is 6.92 Å². The average molecular weight is 464 g/mol. The van der Waals surface area contributed by atoms with Crippen LogP contribution in [0.4, 0.5) is 11.4 Å². The van der Waals surface area contributed by atoms with Crippen LogP contribution in [-0.4, -0.2) is 57.4 Å². The topological polar surface area (TPSA) is 114 Å². The van der Waals surface area contributed by atoms with E-state index in [0.29, 0.717) is 36.9 Å². The molecule has 0 atom stereocenters. The van der Waals surface area contributed by atoms with Gasteiger partial charge in [0.15, 0.2) is 0 Å². The number of amides is 2. The van der Waals surface area contributed by atoms with Gasteiger partial charge in [-0.3, -0.25) is 9.59 Å². The van der Waals surface area contributed by atoms with E-state index in [-0.39, 0.29) is 23.9 Å². The van der Waals surface area contributed by atoms with Gasteiger partial charge in [-0.15, -0.1) is 0 Å². The Balaban J connectivity index is 1.99. The maximum Gasteiger partial charge on any atom is 0.243 e. The Morgan fingerprint density at radius 1 is 0.906 bits per heavy atom. The summed E-state index contributed by atoms with van der Waals surface area (Å²) in [5.74, 6) is -0.138. The van der Waals surface area contributed by atoms with Crippen molar-refractivity contribution in [1.29, 1.82) is 0 Å². The number of nitrogens with zero attached hydrogens (tertiary/aromatic N) is 1. The molecule has 9 nitrogen and oxygen atoms in total. The smallest absolute Gasteiger partial charge is 0.243 e. The lowest BCUT2D eigenvalue weighted by Gasteiger charge is -2.20. The highest BCUT2D eigenvalue weighted by molar-refractivity contribution is 7.89. The summed E-state index contributed by atoms with van der Waals surface area (Å²) < 4.78 is 37.7. The number of anilines is 2. The minimum Gasteiger partial charge on any atom is -0.491 e. The van der Waals surface area contributed by atoms with Crippen LogP contribution in [0.5, 0.6) is 5.75 Å². The summed E-state index contributed by atoms with van der Waals surface area (Å²) in [5.41, 5.74) is 1.09. The molecule has 0 unspecified atom stereocenters. The molecular weight excluding hydrogens is 434 g/mol. The first-order valence-electron chi connectivity index (χ1n) is 10.2. The first-order chi connectivity index (χ1) is 15.3. The van der Waals surface area contributed by atoms with Gasteiger partial charge < -0.3 is 20.1 Å². The number of likely N-dealkylation sites (N-methyl/N-ethyl adjacent to an activating group) is 1. The molecule has 174 valence electrons. The molecule has 2 rings (SSSR count). The molecular formula is C22H29N3O6S. The minimum atomic E-state index is -3.86. The molecule has 0 fully saturated rings. The lowest BCUT2D eigenvalue weighted by molar-refractivity contribution is -0.116. The van der Waals surface area contributed by atoms with E-state index in [4.69, 9.17) is 9.47 Å². The van der Waals surface area contributed by atoms with Crippen LogP contribution < -0.4 is 15.4 Å². The van der Waals surface area contributed by atoms with E-state index in [1.165, 1.54) is 19.1 Å². The van der Waals surface area contributed by atoms with E-state index in [1.54, 1.807) is 43.3 Å². The first-order valence-corrected chi connectivity index (χ1v) is 11.7. The number of carbonyl (C=O) groups is 2. The molecule has 0 bridgehead atoms. The molecule has 0 radical (unpaired) electrons. The van der Waals surface area contributed by atoms with Gasteiger partial charge in [0.2, 0.25) is 21.8 Å². The summed E-state index contributed by atoms with van der Waals surface area (Å²) in [6.07, 6.45) is 0. The molecule has 0 saturated carbocycles. The summed E-state index contributed by atoms with van der Waals surface area (Å²) in [6, 6.07) is 12.6. The van der Waals surface area contributed by atoms with Crippen LogP contribution in [0.25, 0.3) is 0 Å². The van der Waals surface area contributed by atoms with Crippen molar-refractivity contribution in [2.45, 2.75) is 25.7 Å². The summed E-state index contributed by atoms with van der Waals surface area (Å²) in [7, 11) is -3.86. The van der Waals surface area contributed by atoms with Gasteiger partial charge in [0.25, 0.3) is 0 Å². The summed E-state index contributed by atoms with van der Waals surface area (Å²) in [4.78, 5) is 23.6. The van der Waals surface area contributed by atoms with Gasteiger partial charge in [-0.1, -0.05) is 6.92 Å². The van der Waals surface area contributed by atoms with Gasteiger partial charge >= 0.3 is 0 Å². The van der Waals surface area contributed by atoms with E-state index in [0.717, 1.165) is 4.31 Å². The highest BCUT2D eigenvalue weighted by Crippen LogP contribution is 2.20. The van der Waals surface area contributed by atoms with Gasteiger partial charge in [0, 0.05) is 31.5 Å². The van der Waals surface area contributed by atoms with Crippen LogP contribution in [0.2, 0.25) is 0 Å². The fraction of sp³-hybridized carbons (Fsp3) is 0.364. The van der Waals surface area contributed by atoms with Crippen molar-refractivity contribution >= 4 is 33.2 Å². The third-order valence-electron chi connectivity index (χ3n) is 4.32. The zero-order valence-corrected chi connectivity index (χ0v) is 19.3. The van der Waals surface area contributed by atoms with Crippen LogP contribution >= 0.6 is 0 Å². The second-order valence-electron chi connectivity index (χ2n) is 6.75. The van der Waals surface area contributed by atoms with Crippen molar-refractivity contribution in [3.05, 3.63) is 48.5 Å². The fourth-order valence-corrected chi connectivity index (χ4v) is 4.19. The van der Waals surface area contributed by atoms with Gasteiger partial charge in [-0.2, -0.15) is 4.31 Å². The molecule has 0 aromatic heterocycles.